The first-order valence-electron chi connectivity index (χ1n) is 15.7. The summed E-state index contributed by atoms with van der Waals surface area (Å²) >= 11 is 0. The van der Waals surface area contributed by atoms with Crippen LogP contribution in [0, 0.1) is 22.7 Å². The van der Waals surface area contributed by atoms with E-state index in [0.29, 0.717) is 87.3 Å². The van der Waals surface area contributed by atoms with Gasteiger partial charge in [-0.15, -0.1) is 20.4 Å². The van der Waals surface area contributed by atoms with Gasteiger partial charge in [0.15, 0.2) is 11.6 Å². The molecule has 0 bridgehead atoms. The van der Waals surface area contributed by atoms with Gasteiger partial charge in [-0.2, -0.15) is 10.5 Å². The average Bonchev–Trinajstić information content (AvgIpc) is 3.81. The van der Waals surface area contributed by atoms with Crippen molar-refractivity contribution in [3.05, 3.63) is 108 Å². The molecule has 4 heterocycles. The van der Waals surface area contributed by atoms with Gasteiger partial charge in [-0.25, -0.2) is 0 Å². The monoisotopic (exact) mass is 636 g/mol. The predicted octanol–water partition coefficient (Wildman–Crippen LogP) is 4.65. The van der Waals surface area contributed by atoms with Crippen LogP contribution < -0.4 is 9.80 Å². The number of rotatable bonds is 8. The molecule has 2 fully saturated rings. The molecule has 2 aliphatic rings. The molecule has 5 aromatic rings. The van der Waals surface area contributed by atoms with Gasteiger partial charge in [0.05, 0.1) is 48.9 Å². The van der Waals surface area contributed by atoms with Gasteiger partial charge in [0.25, 0.3) is 0 Å². The summed E-state index contributed by atoms with van der Waals surface area (Å²) in [5.74, 6) is 2.25. The van der Waals surface area contributed by atoms with Crippen molar-refractivity contribution in [3.8, 4) is 23.5 Å². The van der Waals surface area contributed by atoms with Gasteiger partial charge in [0, 0.05) is 26.2 Å². The molecular formula is C36H32N10O2. The van der Waals surface area contributed by atoms with Gasteiger partial charge >= 0.3 is 0 Å². The topological polar surface area (TPSA) is 134 Å². The van der Waals surface area contributed by atoms with E-state index in [4.69, 9.17) is 9.47 Å². The van der Waals surface area contributed by atoms with Crippen LogP contribution in [0.5, 0.6) is 0 Å². The molecule has 12 nitrogen and oxygen atoms in total. The largest absolute Gasteiger partial charge is 0.378 e. The van der Waals surface area contributed by atoms with Crippen LogP contribution in [0.15, 0.2) is 84.9 Å². The molecule has 238 valence electrons. The normalized spacial score (nSPS) is 15.6. The van der Waals surface area contributed by atoms with Crippen LogP contribution in [0.2, 0.25) is 0 Å². The molecule has 48 heavy (non-hydrogen) atoms. The highest BCUT2D eigenvalue weighted by Gasteiger charge is 2.25. The molecule has 0 saturated carbocycles. The summed E-state index contributed by atoms with van der Waals surface area (Å²) < 4.78 is 14.9. The number of allylic oxidation sites excluding steroid dienone is 2. The summed E-state index contributed by atoms with van der Waals surface area (Å²) in [5, 5.41) is 38.5. The molecule has 0 N–H and O–H groups in total. The van der Waals surface area contributed by atoms with Gasteiger partial charge in [0.1, 0.15) is 12.1 Å². The number of anilines is 2. The third-order valence-corrected chi connectivity index (χ3v) is 8.19. The SMILES string of the molecule is N#CC(=Cc1ccc(C=C(C#N)c2nnc(N3CCOCC3)n2-c2ccccc2)cc1)c1nnc(N2CCOCC2)n1-c1ccccc1. The fourth-order valence-corrected chi connectivity index (χ4v) is 5.78. The molecule has 0 radical (unpaired) electrons. The Bertz CT molecular complexity index is 1860. The quantitative estimate of drug-likeness (QED) is 0.222. The Balaban J connectivity index is 1.21. The lowest BCUT2D eigenvalue weighted by Crippen LogP contribution is -2.38. The van der Waals surface area contributed by atoms with Gasteiger partial charge in [0.2, 0.25) is 11.9 Å². The number of benzene rings is 3. The summed E-state index contributed by atoms with van der Waals surface area (Å²) in [6, 6.07) is 31.9. The van der Waals surface area contributed by atoms with Crippen molar-refractivity contribution < 1.29 is 9.47 Å². The molecule has 12 heteroatoms. The standard InChI is InChI=1S/C36H32N10O2/c37-25-29(33-39-41-35(43-15-19-47-20-16-43)45(33)31-7-3-1-4-8-31)23-27-11-13-28(14-12-27)24-30(26-38)34-40-42-36(44-17-21-48-22-18-44)46(34)32-9-5-2-6-10-32/h1-14,23-24H,15-22H2. The molecule has 2 saturated heterocycles. The van der Waals surface area contributed by atoms with E-state index in [1.165, 1.54) is 0 Å². The van der Waals surface area contributed by atoms with Gasteiger partial charge in [-0.3, -0.25) is 9.13 Å². The summed E-state index contributed by atoms with van der Waals surface area (Å²) in [4.78, 5) is 4.25. The lowest BCUT2D eigenvalue weighted by Gasteiger charge is -2.28. The van der Waals surface area contributed by atoms with Crippen molar-refractivity contribution in [3.63, 3.8) is 0 Å². The van der Waals surface area contributed by atoms with E-state index < -0.39 is 0 Å². The zero-order valence-electron chi connectivity index (χ0n) is 26.2. The first-order valence-corrected chi connectivity index (χ1v) is 15.7. The lowest BCUT2D eigenvalue weighted by atomic mass is 10.1. The molecule has 3 aromatic carbocycles. The Morgan fingerprint density at radius 1 is 0.542 bits per heavy atom. The van der Waals surface area contributed by atoms with E-state index in [-0.39, 0.29) is 0 Å². The van der Waals surface area contributed by atoms with Crippen LogP contribution in [0.25, 0.3) is 34.7 Å². The van der Waals surface area contributed by atoms with E-state index in [9.17, 15) is 10.5 Å². The van der Waals surface area contributed by atoms with Crippen LogP contribution in [-0.2, 0) is 9.47 Å². The van der Waals surface area contributed by atoms with Gasteiger partial charge in [-0.05, 0) is 47.5 Å². The number of para-hydroxylation sites is 2. The Labute approximate surface area is 278 Å². The van der Waals surface area contributed by atoms with Crippen molar-refractivity contribution in [1.82, 2.24) is 29.5 Å². The number of morpholine rings is 2. The fourth-order valence-electron chi connectivity index (χ4n) is 5.78. The molecule has 0 amide bonds. The summed E-state index contributed by atoms with van der Waals surface area (Å²) in [5.41, 5.74) is 4.09. The van der Waals surface area contributed by atoms with Crippen LogP contribution in [0.1, 0.15) is 22.8 Å². The maximum Gasteiger partial charge on any atom is 0.232 e. The molecular weight excluding hydrogens is 604 g/mol. The Kier molecular flexibility index (Phi) is 9.00. The average molecular weight is 637 g/mol. The van der Waals surface area contributed by atoms with Crippen LogP contribution in [-0.4, -0.2) is 82.1 Å². The molecule has 2 aromatic heterocycles. The van der Waals surface area contributed by atoms with Crippen molar-refractivity contribution in [2.45, 2.75) is 0 Å². The number of hydrogen-bond donors (Lipinski definition) is 0. The van der Waals surface area contributed by atoms with Crippen molar-refractivity contribution in [2.24, 2.45) is 0 Å². The van der Waals surface area contributed by atoms with Crippen molar-refractivity contribution in [1.29, 1.82) is 10.5 Å². The van der Waals surface area contributed by atoms with Crippen molar-refractivity contribution >= 4 is 35.2 Å². The van der Waals surface area contributed by atoms with E-state index in [1.807, 2.05) is 94.1 Å². The highest BCUT2D eigenvalue weighted by molar-refractivity contribution is 5.90. The minimum absolute atomic E-state index is 0.374. The van der Waals surface area contributed by atoms with E-state index in [0.717, 1.165) is 22.5 Å². The van der Waals surface area contributed by atoms with E-state index >= 15 is 0 Å². The molecule has 7 rings (SSSR count). The highest BCUT2D eigenvalue weighted by atomic mass is 16.5. The third-order valence-electron chi connectivity index (χ3n) is 8.19. The summed E-state index contributed by atoms with van der Waals surface area (Å²) in [7, 11) is 0. The molecule has 0 spiro atoms. The number of nitrogens with zero attached hydrogens (tertiary/aromatic N) is 10. The smallest absolute Gasteiger partial charge is 0.232 e. The number of ether oxygens (including phenoxy) is 2. The van der Waals surface area contributed by atoms with E-state index in [1.54, 1.807) is 12.2 Å². The number of nitriles is 2. The number of hydrogen-bond acceptors (Lipinski definition) is 10. The lowest BCUT2D eigenvalue weighted by molar-refractivity contribution is 0.121. The van der Waals surface area contributed by atoms with Crippen LogP contribution in [0.3, 0.4) is 0 Å². The zero-order valence-corrected chi connectivity index (χ0v) is 26.2. The number of aromatic nitrogens is 6. The van der Waals surface area contributed by atoms with Gasteiger partial charge < -0.3 is 19.3 Å². The van der Waals surface area contributed by atoms with Crippen LogP contribution in [0.4, 0.5) is 11.9 Å². The maximum absolute atomic E-state index is 10.3. The minimum Gasteiger partial charge on any atom is -0.378 e. The minimum atomic E-state index is 0.374. The maximum atomic E-state index is 10.3. The van der Waals surface area contributed by atoms with E-state index in [2.05, 4.69) is 42.3 Å². The summed E-state index contributed by atoms with van der Waals surface area (Å²) in [6.07, 6.45) is 3.60. The third kappa shape index (κ3) is 6.31. The predicted molar refractivity (Wildman–Crippen MR) is 182 cm³/mol. The molecule has 0 atom stereocenters. The molecule has 0 aliphatic carbocycles. The van der Waals surface area contributed by atoms with Crippen molar-refractivity contribution in [2.75, 3.05) is 62.4 Å². The Hall–Kier alpha value is -6.08. The Morgan fingerprint density at radius 2 is 0.917 bits per heavy atom. The van der Waals surface area contributed by atoms with Gasteiger partial charge in [-0.1, -0.05) is 60.7 Å². The second kappa shape index (κ2) is 14.1. The first kappa shape index (κ1) is 30.6. The highest BCUT2D eigenvalue weighted by Crippen LogP contribution is 2.28. The molecule has 2 aliphatic heterocycles. The molecule has 0 unspecified atom stereocenters. The fraction of sp³-hybridized carbons (Fsp3) is 0.222. The zero-order chi connectivity index (χ0) is 32.7. The summed E-state index contributed by atoms with van der Waals surface area (Å²) in [6.45, 7) is 5.16. The second-order valence-electron chi connectivity index (χ2n) is 11.2. The van der Waals surface area contributed by atoms with Crippen LogP contribution >= 0.6 is 0 Å². The first-order chi connectivity index (χ1) is 23.7. The Morgan fingerprint density at radius 3 is 1.27 bits per heavy atom. The second-order valence-corrected chi connectivity index (χ2v) is 11.2.